The predicted octanol–water partition coefficient (Wildman–Crippen LogP) is 4.78. The zero-order valence-corrected chi connectivity index (χ0v) is 15.9. The minimum absolute atomic E-state index is 0.326. The first kappa shape index (κ1) is 16.5. The van der Waals surface area contributed by atoms with Gasteiger partial charge in [-0.1, -0.05) is 28.1 Å². The van der Waals surface area contributed by atoms with Crippen LogP contribution >= 0.6 is 15.9 Å². The molecule has 1 aromatic heterocycles. The van der Waals surface area contributed by atoms with Crippen LogP contribution in [0.2, 0.25) is 19.6 Å². The molecule has 3 nitrogen and oxygen atoms in total. The smallest absolute Gasteiger partial charge is 0.185 e. The maximum absolute atomic E-state index is 6.34. The van der Waals surface area contributed by atoms with Gasteiger partial charge in [-0.05, 0) is 57.3 Å². The normalized spacial score (nSPS) is 12.7. The molecule has 0 saturated carbocycles. The Bertz CT molecular complexity index is 617. The zero-order chi connectivity index (χ0) is 15.7. The molecule has 0 bridgehead atoms. The van der Waals surface area contributed by atoms with Crippen molar-refractivity contribution in [2.24, 2.45) is 0 Å². The third-order valence-corrected chi connectivity index (χ3v) is 4.73. The Balaban J connectivity index is 2.26. The summed E-state index contributed by atoms with van der Waals surface area (Å²) in [6, 6.07) is 10.4. The highest BCUT2D eigenvalue weighted by Gasteiger charge is 2.31. The molecule has 1 aromatic carbocycles. The van der Waals surface area contributed by atoms with Crippen LogP contribution in [0.15, 0.2) is 41.0 Å². The monoisotopic (exact) mass is 366 g/mol. The van der Waals surface area contributed by atoms with E-state index >= 15 is 0 Å². The highest BCUT2D eigenvalue weighted by atomic mass is 79.9. The second kappa shape index (κ2) is 6.06. The molecule has 0 N–H and O–H groups in total. The first-order chi connectivity index (χ1) is 9.67. The van der Waals surface area contributed by atoms with Crippen molar-refractivity contribution in [2.45, 2.75) is 45.6 Å². The van der Waals surface area contributed by atoms with Gasteiger partial charge in [-0.25, -0.2) is 0 Å². The van der Waals surface area contributed by atoms with Crippen LogP contribution in [0.4, 0.5) is 0 Å². The van der Waals surface area contributed by atoms with E-state index in [0.717, 1.165) is 16.7 Å². The molecule has 0 radical (unpaired) electrons. The van der Waals surface area contributed by atoms with E-state index in [-0.39, 0.29) is 5.60 Å². The lowest BCUT2D eigenvalue weighted by molar-refractivity contribution is 0.0898. The van der Waals surface area contributed by atoms with Gasteiger partial charge in [-0.15, -0.1) is 0 Å². The number of hydrogen-bond acceptors (Lipinski definition) is 2. The predicted molar refractivity (Wildman–Crippen MR) is 92.9 cm³/mol. The van der Waals surface area contributed by atoms with E-state index in [1.54, 1.807) is 0 Å². The Labute approximate surface area is 136 Å². The second-order valence-electron chi connectivity index (χ2n) is 6.73. The van der Waals surface area contributed by atoms with Crippen LogP contribution in [0, 0.1) is 0 Å². The number of halogens is 1. The Morgan fingerprint density at radius 3 is 2.57 bits per heavy atom. The van der Waals surface area contributed by atoms with E-state index in [9.17, 15) is 0 Å². The third kappa shape index (κ3) is 4.53. The Kier molecular flexibility index (Phi) is 4.75. The minimum Gasteiger partial charge on any atom is -0.407 e. The molecule has 0 fully saturated rings. The van der Waals surface area contributed by atoms with Gasteiger partial charge < -0.3 is 4.43 Å². The van der Waals surface area contributed by atoms with Crippen LogP contribution in [0.1, 0.15) is 25.1 Å². The molecule has 114 valence electrons. The molecule has 21 heavy (non-hydrogen) atoms. The van der Waals surface area contributed by atoms with Crippen LogP contribution in [-0.4, -0.2) is 18.1 Å². The molecule has 5 heteroatoms. The fraction of sp³-hybridized carbons (Fsp3) is 0.438. The van der Waals surface area contributed by atoms with Gasteiger partial charge in [0.2, 0.25) is 0 Å². The summed E-state index contributed by atoms with van der Waals surface area (Å²) in [4.78, 5) is 0. The summed E-state index contributed by atoms with van der Waals surface area (Å²) < 4.78 is 9.46. The fourth-order valence-electron chi connectivity index (χ4n) is 2.60. The fourth-order valence-corrected chi connectivity index (χ4v) is 4.68. The Hall–Kier alpha value is -0.913. The molecule has 0 aliphatic rings. The standard InChI is InChI=1S/C16H23BrN2OSi/c1-16(2,20-21(3,4)5)15-9-10-18-19(15)12-13-7-6-8-14(17)11-13/h6-11H,12H2,1-5H3. The summed E-state index contributed by atoms with van der Waals surface area (Å²) in [6.07, 6.45) is 1.85. The van der Waals surface area contributed by atoms with Gasteiger partial charge in [0.05, 0.1) is 17.8 Å². The molecule has 0 amide bonds. The van der Waals surface area contributed by atoms with Crippen LogP contribution in [0.5, 0.6) is 0 Å². The highest BCUT2D eigenvalue weighted by molar-refractivity contribution is 9.10. The van der Waals surface area contributed by atoms with Gasteiger partial charge in [-0.3, -0.25) is 4.68 Å². The minimum atomic E-state index is -1.62. The average Bonchev–Trinajstić information content (AvgIpc) is 2.74. The van der Waals surface area contributed by atoms with E-state index in [1.165, 1.54) is 5.56 Å². The second-order valence-corrected chi connectivity index (χ2v) is 12.1. The Morgan fingerprint density at radius 1 is 1.24 bits per heavy atom. The van der Waals surface area contributed by atoms with Gasteiger partial charge >= 0.3 is 0 Å². The quantitative estimate of drug-likeness (QED) is 0.711. The molecule has 0 saturated heterocycles. The molecular weight excluding hydrogens is 344 g/mol. The van der Waals surface area contributed by atoms with E-state index in [0.29, 0.717) is 0 Å². The van der Waals surface area contributed by atoms with Crippen molar-refractivity contribution in [1.82, 2.24) is 9.78 Å². The summed E-state index contributed by atoms with van der Waals surface area (Å²) in [5.41, 5.74) is 2.01. The number of benzene rings is 1. The van der Waals surface area contributed by atoms with Crippen LogP contribution < -0.4 is 0 Å². The summed E-state index contributed by atoms with van der Waals surface area (Å²) in [6.45, 7) is 11.6. The number of hydrogen-bond donors (Lipinski definition) is 0. The summed E-state index contributed by atoms with van der Waals surface area (Å²) in [5.74, 6) is 0. The van der Waals surface area contributed by atoms with E-state index in [2.05, 4.69) is 72.7 Å². The van der Waals surface area contributed by atoms with E-state index in [1.807, 2.05) is 23.0 Å². The van der Waals surface area contributed by atoms with Crippen molar-refractivity contribution in [2.75, 3.05) is 0 Å². The maximum Gasteiger partial charge on any atom is 0.185 e. The van der Waals surface area contributed by atoms with Crippen molar-refractivity contribution in [3.8, 4) is 0 Å². The molecule has 0 atom stereocenters. The lowest BCUT2D eigenvalue weighted by atomic mass is 10.1. The summed E-state index contributed by atoms with van der Waals surface area (Å²) in [7, 11) is -1.62. The first-order valence-electron chi connectivity index (χ1n) is 7.14. The van der Waals surface area contributed by atoms with Gasteiger partial charge in [0, 0.05) is 10.7 Å². The molecule has 2 rings (SSSR count). The van der Waals surface area contributed by atoms with Gasteiger partial charge in [0.15, 0.2) is 8.32 Å². The molecular formula is C16H23BrN2OSi. The lowest BCUT2D eigenvalue weighted by Gasteiger charge is -2.33. The molecule has 0 aliphatic heterocycles. The van der Waals surface area contributed by atoms with Gasteiger partial charge in [0.1, 0.15) is 0 Å². The van der Waals surface area contributed by atoms with Crippen LogP contribution in [0.3, 0.4) is 0 Å². The summed E-state index contributed by atoms with van der Waals surface area (Å²) in [5, 5.41) is 4.47. The number of rotatable bonds is 5. The molecule has 1 heterocycles. The molecule has 2 aromatic rings. The van der Waals surface area contributed by atoms with E-state index in [4.69, 9.17) is 4.43 Å². The molecule has 0 spiro atoms. The topological polar surface area (TPSA) is 27.1 Å². The van der Waals surface area contributed by atoms with Crippen molar-refractivity contribution in [3.63, 3.8) is 0 Å². The SMILES string of the molecule is CC(C)(O[Si](C)(C)C)c1ccnn1Cc1cccc(Br)c1. The van der Waals surface area contributed by atoms with Crippen LogP contribution in [0.25, 0.3) is 0 Å². The van der Waals surface area contributed by atoms with Crippen molar-refractivity contribution >= 4 is 24.2 Å². The van der Waals surface area contributed by atoms with Crippen molar-refractivity contribution in [3.05, 3.63) is 52.3 Å². The Morgan fingerprint density at radius 2 is 1.95 bits per heavy atom. The summed E-state index contributed by atoms with van der Waals surface area (Å²) >= 11 is 3.52. The van der Waals surface area contributed by atoms with Crippen molar-refractivity contribution in [1.29, 1.82) is 0 Å². The van der Waals surface area contributed by atoms with Crippen LogP contribution in [-0.2, 0) is 16.6 Å². The van der Waals surface area contributed by atoms with Crippen molar-refractivity contribution < 1.29 is 4.43 Å². The first-order valence-corrected chi connectivity index (χ1v) is 11.3. The largest absolute Gasteiger partial charge is 0.407 e. The maximum atomic E-state index is 6.34. The third-order valence-electron chi connectivity index (χ3n) is 3.12. The number of nitrogens with zero attached hydrogens (tertiary/aromatic N) is 2. The molecule has 0 unspecified atom stereocenters. The van der Waals surface area contributed by atoms with Gasteiger partial charge in [0.25, 0.3) is 0 Å². The average molecular weight is 367 g/mol. The molecule has 0 aliphatic carbocycles. The van der Waals surface area contributed by atoms with E-state index < -0.39 is 8.32 Å². The number of aromatic nitrogens is 2. The zero-order valence-electron chi connectivity index (χ0n) is 13.4. The lowest BCUT2D eigenvalue weighted by Crippen LogP contribution is -2.38. The highest BCUT2D eigenvalue weighted by Crippen LogP contribution is 2.29. The van der Waals surface area contributed by atoms with Gasteiger partial charge in [-0.2, -0.15) is 5.10 Å².